The molecule has 0 spiro atoms. The van der Waals surface area contributed by atoms with Crippen molar-refractivity contribution >= 4 is 28.8 Å². The zero-order chi connectivity index (χ0) is 29.1. The van der Waals surface area contributed by atoms with Gasteiger partial charge in [0.05, 0.1) is 36.0 Å². The normalized spacial score (nSPS) is 17.6. The molecule has 1 aliphatic carbocycles. The van der Waals surface area contributed by atoms with Crippen LogP contribution in [0.25, 0.3) is 0 Å². The molecule has 1 heterocycles. The third kappa shape index (κ3) is 6.09. The highest BCUT2D eigenvalue weighted by molar-refractivity contribution is 6.01. The molecule has 0 saturated carbocycles. The number of amides is 1. The number of rotatable bonds is 8. The maximum Gasteiger partial charge on any atom is 0.269 e. The van der Waals surface area contributed by atoms with Gasteiger partial charge < -0.3 is 20.3 Å². The van der Waals surface area contributed by atoms with E-state index in [1.54, 1.807) is 19.2 Å². The van der Waals surface area contributed by atoms with Gasteiger partial charge in [-0.05, 0) is 65.8 Å². The zero-order valence-electron chi connectivity index (χ0n) is 23.5. The van der Waals surface area contributed by atoms with Crippen LogP contribution in [0.2, 0.25) is 0 Å². The van der Waals surface area contributed by atoms with Crippen LogP contribution in [0.3, 0.4) is 0 Å². The number of hydrogen-bond acceptors (Lipinski definition) is 7. The molecule has 3 aromatic carbocycles. The monoisotopic (exact) mass is 554 g/mol. The van der Waals surface area contributed by atoms with Crippen LogP contribution in [-0.4, -0.2) is 36.8 Å². The van der Waals surface area contributed by atoms with Gasteiger partial charge >= 0.3 is 0 Å². The second kappa shape index (κ2) is 11.4. The van der Waals surface area contributed by atoms with Gasteiger partial charge in [0.1, 0.15) is 5.75 Å². The molecule has 2 N–H and O–H groups in total. The molecule has 1 unspecified atom stereocenters. The van der Waals surface area contributed by atoms with Crippen LogP contribution in [0, 0.1) is 15.5 Å². The number of hydrogen-bond donors (Lipinski definition) is 2. The summed E-state index contributed by atoms with van der Waals surface area (Å²) in [6.45, 7) is 4.59. The van der Waals surface area contributed by atoms with E-state index in [2.05, 4.69) is 24.5 Å². The lowest BCUT2D eigenvalue weighted by Crippen LogP contribution is -2.42. The summed E-state index contributed by atoms with van der Waals surface area (Å²) in [5, 5.41) is 17.9. The van der Waals surface area contributed by atoms with Crippen LogP contribution < -0.4 is 20.3 Å². The zero-order valence-corrected chi connectivity index (χ0v) is 23.5. The van der Waals surface area contributed by atoms with Crippen molar-refractivity contribution in [3.8, 4) is 5.75 Å². The van der Waals surface area contributed by atoms with E-state index in [0.717, 1.165) is 28.4 Å². The van der Waals surface area contributed by atoms with Gasteiger partial charge in [0, 0.05) is 36.4 Å². The summed E-state index contributed by atoms with van der Waals surface area (Å²) in [5.74, 6) is 0.593. The third-order valence-corrected chi connectivity index (χ3v) is 7.63. The van der Waals surface area contributed by atoms with Gasteiger partial charge in [-0.2, -0.15) is 0 Å². The molecular weight excluding hydrogens is 520 g/mol. The summed E-state index contributed by atoms with van der Waals surface area (Å²) >= 11 is 0. The van der Waals surface area contributed by atoms with E-state index in [9.17, 15) is 19.7 Å². The largest absolute Gasteiger partial charge is 0.497 e. The maximum absolute atomic E-state index is 13.8. The molecule has 1 atom stereocenters. The van der Waals surface area contributed by atoms with Crippen LogP contribution in [-0.2, 0) is 16.0 Å². The number of nitrogens with one attached hydrogen (secondary N) is 2. The number of nitrogens with zero attached hydrogens (tertiary/aromatic N) is 2. The fourth-order valence-electron chi connectivity index (χ4n) is 5.70. The molecule has 41 heavy (non-hydrogen) atoms. The van der Waals surface area contributed by atoms with Crippen molar-refractivity contribution in [2.75, 3.05) is 30.4 Å². The first-order chi connectivity index (χ1) is 19.6. The number of ether oxygens (including phenoxy) is 1. The molecule has 1 aliphatic heterocycles. The summed E-state index contributed by atoms with van der Waals surface area (Å²) in [6.07, 6.45) is 1.69. The number of benzene rings is 3. The van der Waals surface area contributed by atoms with Crippen molar-refractivity contribution in [2.24, 2.45) is 5.41 Å². The van der Waals surface area contributed by atoms with E-state index in [1.165, 1.54) is 12.1 Å². The number of allylic oxidation sites excluding steroid dienone is 1. The highest BCUT2D eigenvalue weighted by Crippen LogP contribution is 2.48. The number of fused-ring (bicyclic) bond motifs is 1. The number of nitro groups is 1. The van der Waals surface area contributed by atoms with Crippen LogP contribution >= 0.6 is 0 Å². The lowest BCUT2D eigenvalue weighted by molar-refractivity contribution is -0.384. The molecule has 0 aromatic heterocycles. The fraction of sp³-hybridized carbons (Fsp3) is 0.312. The summed E-state index contributed by atoms with van der Waals surface area (Å²) in [6, 6.07) is 21.1. The van der Waals surface area contributed by atoms with E-state index in [-0.39, 0.29) is 29.3 Å². The Bertz CT molecular complexity index is 1500. The number of carbonyl (C=O) groups excluding carboxylic acids is 2. The summed E-state index contributed by atoms with van der Waals surface area (Å²) in [4.78, 5) is 40.0. The first-order valence-electron chi connectivity index (χ1n) is 13.7. The second-order valence-corrected chi connectivity index (χ2v) is 11.3. The quantitative estimate of drug-likeness (QED) is 0.276. The average molecular weight is 555 g/mol. The number of carbonyl (C=O) groups is 2. The van der Waals surface area contributed by atoms with Crippen LogP contribution in [0.5, 0.6) is 5.75 Å². The number of Topliss-reactive ketones (excluding diaryl/α,β-unsaturated/α-hetero) is 1. The SMILES string of the molecule is COc1ccc(CCNC(=O)CN2c3ccccc3NC3=C(C(=O)CC(C)(C)C3)C2c2ccc([N+](=O)[O-])cc2)cc1. The fourth-order valence-corrected chi connectivity index (χ4v) is 5.70. The molecule has 9 nitrogen and oxygen atoms in total. The van der Waals surface area contributed by atoms with Crippen molar-refractivity contribution in [3.63, 3.8) is 0 Å². The van der Waals surface area contributed by atoms with E-state index in [4.69, 9.17) is 4.74 Å². The molecule has 1 amide bonds. The van der Waals surface area contributed by atoms with Gasteiger partial charge in [-0.3, -0.25) is 19.7 Å². The Hall–Kier alpha value is -4.66. The average Bonchev–Trinajstić information content (AvgIpc) is 3.07. The number of ketones is 1. The molecule has 9 heteroatoms. The smallest absolute Gasteiger partial charge is 0.269 e. The van der Waals surface area contributed by atoms with Crippen LogP contribution in [0.15, 0.2) is 84.1 Å². The van der Waals surface area contributed by atoms with Crippen molar-refractivity contribution in [2.45, 2.75) is 39.2 Å². The Morgan fingerprint density at radius 1 is 1.07 bits per heavy atom. The Labute approximate surface area is 239 Å². The Balaban J connectivity index is 1.49. The summed E-state index contributed by atoms with van der Waals surface area (Å²) < 4.78 is 5.22. The minimum absolute atomic E-state index is 0.00356. The molecule has 2 aliphatic rings. The number of para-hydroxylation sites is 2. The van der Waals surface area contributed by atoms with E-state index < -0.39 is 11.0 Å². The summed E-state index contributed by atoms with van der Waals surface area (Å²) in [5.41, 5.74) is 4.53. The predicted molar refractivity (Wildman–Crippen MR) is 158 cm³/mol. The first kappa shape index (κ1) is 27.9. The van der Waals surface area contributed by atoms with Gasteiger partial charge in [-0.15, -0.1) is 0 Å². The molecule has 5 rings (SSSR count). The van der Waals surface area contributed by atoms with E-state index in [1.807, 2.05) is 53.4 Å². The maximum atomic E-state index is 13.8. The molecule has 212 valence electrons. The van der Waals surface area contributed by atoms with Gasteiger partial charge in [-0.25, -0.2) is 0 Å². The standard InChI is InChI=1S/C32H34N4O5/c1-32(2)18-26-30(28(37)19-32)31(22-10-12-23(13-11-22)36(39)40)35(27-7-5-4-6-25(27)34-26)20-29(38)33-17-16-21-8-14-24(41-3)15-9-21/h4-15,31,34H,16-20H2,1-3H3,(H,33,38). The minimum atomic E-state index is -0.599. The van der Waals surface area contributed by atoms with Crippen molar-refractivity contribution in [1.82, 2.24) is 5.32 Å². The molecule has 0 fully saturated rings. The van der Waals surface area contributed by atoms with Crippen molar-refractivity contribution < 1.29 is 19.2 Å². The second-order valence-electron chi connectivity index (χ2n) is 11.3. The lowest BCUT2D eigenvalue weighted by Gasteiger charge is -2.37. The molecule has 0 bridgehead atoms. The topological polar surface area (TPSA) is 114 Å². The van der Waals surface area contributed by atoms with Gasteiger partial charge in [0.15, 0.2) is 5.78 Å². The van der Waals surface area contributed by atoms with Crippen LogP contribution in [0.4, 0.5) is 17.1 Å². The van der Waals surface area contributed by atoms with Gasteiger partial charge in [0.25, 0.3) is 5.69 Å². The molecule has 0 saturated heterocycles. The number of non-ortho nitro benzene ring substituents is 1. The number of nitro benzene ring substituents is 1. The third-order valence-electron chi connectivity index (χ3n) is 7.63. The Morgan fingerprint density at radius 3 is 2.46 bits per heavy atom. The van der Waals surface area contributed by atoms with Gasteiger partial charge in [0.2, 0.25) is 5.91 Å². The molecular formula is C32H34N4O5. The van der Waals surface area contributed by atoms with Crippen LogP contribution in [0.1, 0.15) is 43.9 Å². The predicted octanol–water partition coefficient (Wildman–Crippen LogP) is 5.58. The summed E-state index contributed by atoms with van der Waals surface area (Å²) in [7, 11) is 1.62. The molecule has 3 aromatic rings. The van der Waals surface area contributed by atoms with Gasteiger partial charge in [-0.1, -0.05) is 38.1 Å². The molecule has 0 radical (unpaired) electrons. The van der Waals surface area contributed by atoms with Crippen molar-refractivity contribution in [3.05, 3.63) is 105 Å². The number of methoxy groups -OCH3 is 1. The highest BCUT2D eigenvalue weighted by Gasteiger charge is 2.42. The van der Waals surface area contributed by atoms with E-state index in [0.29, 0.717) is 36.9 Å². The van der Waals surface area contributed by atoms with E-state index >= 15 is 0 Å². The van der Waals surface area contributed by atoms with Crippen molar-refractivity contribution in [1.29, 1.82) is 0 Å². The first-order valence-corrected chi connectivity index (χ1v) is 13.7. The number of anilines is 2. The minimum Gasteiger partial charge on any atom is -0.497 e. The Kier molecular flexibility index (Phi) is 7.79. The highest BCUT2D eigenvalue weighted by atomic mass is 16.6. The Morgan fingerprint density at radius 2 is 1.78 bits per heavy atom. The lowest BCUT2D eigenvalue weighted by atomic mass is 9.73.